The van der Waals surface area contributed by atoms with Crippen molar-refractivity contribution in [1.82, 2.24) is 0 Å². The maximum absolute atomic E-state index is 5.82. The second kappa shape index (κ2) is 6.11. The van der Waals surface area contributed by atoms with Gasteiger partial charge in [-0.15, -0.1) is 0 Å². The Balaban J connectivity index is 2.69. The Kier molecular flexibility index (Phi) is 5.09. The van der Waals surface area contributed by atoms with Gasteiger partial charge in [0.1, 0.15) is 0 Å². The number of ether oxygens (including phenoxy) is 1. The molecule has 0 bridgehead atoms. The number of nitrogen functional groups attached to an aromatic ring is 1. The first kappa shape index (κ1) is 13.3. The molecular formula is C12H19BrN2O. The molecule has 0 amide bonds. The van der Waals surface area contributed by atoms with Crippen LogP contribution in [0.2, 0.25) is 0 Å². The van der Waals surface area contributed by atoms with Crippen LogP contribution in [0, 0.1) is 6.92 Å². The number of benzene rings is 1. The quantitative estimate of drug-likeness (QED) is 0.818. The molecule has 0 spiro atoms. The highest BCUT2D eigenvalue weighted by atomic mass is 79.9. The van der Waals surface area contributed by atoms with Gasteiger partial charge in [-0.1, -0.05) is 0 Å². The van der Waals surface area contributed by atoms with E-state index in [2.05, 4.69) is 28.2 Å². The molecule has 3 N–H and O–H groups in total. The molecule has 1 rings (SSSR count). The van der Waals surface area contributed by atoms with Crippen molar-refractivity contribution in [1.29, 1.82) is 0 Å². The summed E-state index contributed by atoms with van der Waals surface area (Å²) in [6.07, 6.45) is 0. The molecule has 4 heteroatoms. The summed E-state index contributed by atoms with van der Waals surface area (Å²) >= 11 is 3.49. The number of hydrogen-bond acceptors (Lipinski definition) is 3. The van der Waals surface area contributed by atoms with Crippen molar-refractivity contribution in [3.63, 3.8) is 0 Å². The van der Waals surface area contributed by atoms with E-state index in [4.69, 9.17) is 10.5 Å². The van der Waals surface area contributed by atoms with Gasteiger partial charge >= 0.3 is 0 Å². The number of anilines is 2. The van der Waals surface area contributed by atoms with Crippen molar-refractivity contribution in [3.05, 3.63) is 22.2 Å². The summed E-state index contributed by atoms with van der Waals surface area (Å²) in [5.74, 6) is 0. The summed E-state index contributed by atoms with van der Waals surface area (Å²) < 4.78 is 6.34. The molecule has 16 heavy (non-hydrogen) atoms. The second-order valence-corrected chi connectivity index (χ2v) is 4.75. The van der Waals surface area contributed by atoms with Crippen LogP contribution in [0.3, 0.4) is 0 Å². The molecule has 0 heterocycles. The third kappa shape index (κ3) is 3.68. The SMILES string of the molecule is CCOCC(C)Nc1cc(C)c(N)cc1Br. The van der Waals surface area contributed by atoms with Crippen LogP contribution in [0.1, 0.15) is 19.4 Å². The van der Waals surface area contributed by atoms with E-state index in [1.54, 1.807) is 0 Å². The highest BCUT2D eigenvalue weighted by Gasteiger charge is 2.07. The summed E-state index contributed by atoms with van der Waals surface area (Å²) in [7, 11) is 0. The number of aryl methyl sites for hydroxylation is 1. The summed E-state index contributed by atoms with van der Waals surface area (Å²) in [4.78, 5) is 0. The molecule has 1 aromatic rings. The smallest absolute Gasteiger partial charge is 0.0664 e. The first-order chi connectivity index (χ1) is 7.54. The third-order valence-corrected chi connectivity index (χ3v) is 2.99. The largest absolute Gasteiger partial charge is 0.398 e. The number of nitrogens with two attached hydrogens (primary N) is 1. The molecule has 3 nitrogen and oxygen atoms in total. The molecule has 90 valence electrons. The van der Waals surface area contributed by atoms with E-state index in [1.807, 2.05) is 26.0 Å². The molecule has 0 aromatic heterocycles. The Morgan fingerprint density at radius 2 is 2.19 bits per heavy atom. The predicted molar refractivity (Wildman–Crippen MR) is 72.9 cm³/mol. The van der Waals surface area contributed by atoms with E-state index in [0.717, 1.165) is 28.0 Å². The lowest BCUT2D eigenvalue weighted by molar-refractivity contribution is 0.141. The van der Waals surface area contributed by atoms with E-state index in [1.165, 1.54) is 0 Å². The highest BCUT2D eigenvalue weighted by molar-refractivity contribution is 9.10. The van der Waals surface area contributed by atoms with E-state index in [-0.39, 0.29) is 6.04 Å². The zero-order valence-electron chi connectivity index (χ0n) is 10.0. The number of halogens is 1. The van der Waals surface area contributed by atoms with E-state index < -0.39 is 0 Å². The predicted octanol–water partition coefficient (Wildman–Crippen LogP) is 3.18. The van der Waals surface area contributed by atoms with Gasteiger partial charge in [-0.3, -0.25) is 0 Å². The van der Waals surface area contributed by atoms with Gasteiger partial charge in [0.05, 0.1) is 6.61 Å². The minimum absolute atomic E-state index is 0.277. The van der Waals surface area contributed by atoms with Crippen molar-refractivity contribution in [2.75, 3.05) is 24.3 Å². The van der Waals surface area contributed by atoms with Crippen LogP contribution in [0.25, 0.3) is 0 Å². The molecular weight excluding hydrogens is 268 g/mol. The average molecular weight is 287 g/mol. The fourth-order valence-electron chi connectivity index (χ4n) is 1.41. The molecule has 0 aliphatic carbocycles. The first-order valence-corrected chi connectivity index (χ1v) is 6.23. The first-order valence-electron chi connectivity index (χ1n) is 5.44. The van der Waals surface area contributed by atoms with Crippen LogP contribution >= 0.6 is 15.9 Å². The summed E-state index contributed by atoms with van der Waals surface area (Å²) in [5, 5.41) is 3.39. The van der Waals surface area contributed by atoms with Gasteiger partial charge in [0, 0.05) is 28.5 Å². The second-order valence-electron chi connectivity index (χ2n) is 3.89. The molecule has 0 saturated heterocycles. The van der Waals surface area contributed by atoms with Crippen molar-refractivity contribution < 1.29 is 4.74 Å². The van der Waals surface area contributed by atoms with Gasteiger partial charge in [0.25, 0.3) is 0 Å². The van der Waals surface area contributed by atoms with Crippen molar-refractivity contribution >= 4 is 27.3 Å². The maximum Gasteiger partial charge on any atom is 0.0664 e. The van der Waals surface area contributed by atoms with Crippen molar-refractivity contribution in [2.24, 2.45) is 0 Å². The lowest BCUT2D eigenvalue weighted by Crippen LogP contribution is -2.22. The van der Waals surface area contributed by atoms with Gasteiger partial charge in [-0.05, 0) is 54.4 Å². The Bertz CT molecular complexity index is 355. The topological polar surface area (TPSA) is 47.3 Å². The van der Waals surface area contributed by atoms with Gasteiger partial charge in [0.15, 0.2) is 0 Å². The lowest BCUT2D eigenvalue weighted by atomic mass is 10.1. The minimum Gasteiger partial charge on any atom is -0.398 e. The molecule has 0 radical (unpaired) electrons. The summed E-state index contributed by atoms with van der Waals surface area (Å²) in [6, 6.07) is 4.24. The fourth-order valence-corrected chi connectivity index (χ4v) is 1.88. The van der Waals surface area contributed by atoms with Crippen molar-refractivity contribution in [3.8, 4) is 0 Å². The Hall–Kier alpha value is -0.740. The van der Waals surface area contributed by atoms with Crippen LogP contribution in [0.4, 0.5) is 11.4 Å². The van der Waals surface area contributed by atoms with E-state index in [9.17, 15) is 0 Å². The normalized spacial score (nSPS) is 12.5. The van der Waals surface area contributed by atoms with Crippen LogP contribution in [-0.4, -0.2) is 19.3 Å². The van der Waals surface area contributed by atoms with Crippen LogP contribution in [0.15, 0.2) is 16.6 Å². The standard InChI is InChI=1S/C12H19BrN2O/c1-4-16-7-9(3)15-12-5-8(2)11(14)6-10(12)13/h5-6,9,15H,4,7,14H2,1-3H3. The van der Waals surface area contributed by atoms with E-state index in [0.29, 0.717) is 6.61 Å². The molecule has 0 aliphatic rings. The zero-order chi connectivity index (χ0) is 12.1. The fraction of sp³-hybridized carbons (Fsp3) is 0.500. The Labute approximate surface area is 105 Å². The van der Waals surface area contributed by atoms with Crippen LogP contribution < -0.4 is 11.1 Å². The third-order valence-electron chi connectivity index (χ3n) is 2.33. The molecule has 1 aromatic carbocycles. The monoisotopic (exact) mass is 286 g/mol. The molecule has 1 unspecified atom stereocenters. The number of hydrogen-bond donors (Lipinski definition) is 2. The number of nitrogens with one attached hydrogen (secondary N) is 1. The summed E-state index contributed by atoms with van der Waals surface area (Å²) in [6.45, 7) is 7.53. The highest BCUT2D eigenvalue weighted by Crippen LogP contribution is 2.28. The lowest BCUT2D eigenvalue weighted by Gasteiger charge is -2.17. The summed E-state index contributed by atoms with van der Waals surface area (Å²) in [5.41, 5.74) is 8.75. The Morgan fingerprint density at radius 3 is 2.81 bits per heavy atom. The van der Waals surface area contributed by atoms with Gasteiger partial charge in [-0.2, -0.15) is 0 Å². The average Bonchev–Trinajstić information content (AvgIpc) is 2.23. The molecule has 0 saturated carbocycles. The van der Waals surface area contributed by atoms with Gasteiger partial charge < -0.3 is 15.8 Å². The molecule has 0 fully saturated rings. The van der Waals surface area contributed by atoms with Crippen LogP contribution in [0.5, 0.6) is 0 Å². The van der Waals surface area contributed by atoms with Gasteiger partial charge in [0.2, 0.25) is 0 Å². The van der Waals surface area contributed by atoms with Crippen molar-refractivity contribution in [2.45, 2.75) is 26.8 Å². The number of rotatable bonds is 5. The zero-order valence-corrected chi connectivity index (χ0v) is 11.6. The molecule has 1 atom stereocenters. The van der Waals surface area contributed by atoms with Crippen LogP contribution in [-0.2, 0) is 4.74 Å². The van der Waals surface area contributed by atoms with Gasteiger partial charge in [-0.25, -0.2) is 0 Å². The minimum atomic E-state index is 0.277. The Morgan fingerprint density at radius 1 is 1.50 bits per heavy atom. The van der Waals surface area contributed by atoms with E-state index >= 15 is 0 Å². The molecule has 0 aliphatic heterocycles. The maximum atomic E-state index is 5.82.